The number of nitrogens with zero attached hydrogens (tertiary/aromatic N) is 1. The number of H-pyrrole nitrogens is 1. The molecule has 1 aliphatic heterocycles. The van der Waals surface area contributed by atoms with Gasteiger partial charge in [-0.3, -0.25) is 23.7 Å². The fourth-order valence-electron chi connectivity index (χ4n) is 2.52. The van der Waals surface area contributed by atoms with Crippen LogP contribution in [0.2, 0.25) is 0 Å². The van der Waals surface area contributed by atoms with Gasteiger partial charge in [-0.15, -0.1) is 0 Å². The highest BCUT2D eigenvalue weighted by Crippen LogP contribution is 2.47. The number of aromatic nitrogens is 2. The number of aliphatic carboxylic acids is 1. The molecule has 0 radical (unpaired) electrons. The molecule has 15 heteroatoms. The Morgan fingerprint density at radius 2 is 2.18 bits per heavy atom. The number of halogens is 1. The quantitative estimate of drug-likeness (QED) is 0.263. The molecule has 0 spiro atoms. The Balaban J connectivity index is 2.23. The first-order valence-electron chi connectivity index (χ1n) is 7.76. The lowest BCUT2D eigenvalue weighted by Gasteiger charge is -2.28. The first-order valence-corrected chi connectivity index (χ1v) is 9.34. The minimum absolute atomic E-state index is 0.606. The van der Waals surface area contributed by atoms with Gasteiger partial charge in [-0.2, -0.15) is 0 Å². The Hall–Kier alpha value is -1.93. The zero-order valence-electron chi connectivity index (χ0n) is 14.6. The van der Waals surface area contributed by atoms with Crippen molar-refractivity contribution in [3.05, 3.63) is 33.1 Å². The molecule has 13 nitrogen and oxygen atoms in total. The fourth-order valence-corrected chi connectivity index (χ4v) is 3.54. The molecule has 0 saturated carbocycles. The third-order valence-corrected chi connectivity index (χ3v) is 5.23. The molecule has 1 aromatic heterocycles. The van der Waals surface area contributed by atoms with E-state index in [-0.39, 0.29) is 0 Å². The van der Waals surface area contributed by atoms with E-state index in [1.807, 2.05) is 4.98 Å². The third-order valence-electron chi connectivity index (χ3n) is 4.04. The maximum absolute atomic E-state index is 15.1. The number of aliphatic hydroxyl groups excluding tert-OH is 1. The van der Waals surface area contributed by atoms with Crippen LogP contribution in [0.1, 0.15) is 20.1 Å². The summed E-state index contributed by atoms with van der Waals surface area (Å²) in [7, 11) is -4.83. The van der Waals surface area contributed by atoms with Gasteiger partial charge in [-0.05, 0) is 13.8 Å². The van der Waals surface area contributed by atoms with Crippen molar-refractivity contribution in [1.82, 2.24) is 14.6 Å². The van der Waals surface area contributed by atoms with E-state index in [4.69, 9.17) is 9.84 Å². The minimum atomic E-state index is -4.83. The molecule has 1 aromatic rings. The van der Waals surface area contributed by atoms with Gasteiger partial charge in [0.15, 0.2) is 6.23 Å². The summed E-state index contributed by atoms with van der Waals surface area (Å²) in [6.07, 6.45) is -3.28. The predicted molar refractivity (Wildman–Crippen MR) is 87.9 cm³/mol. The first-order chi connectivity index (χ1) is 12.7. The highest BCUT2D eigenvalue weighted by Gasteiger charge is 2.63. The molecule has 158 valence electrons. The van der Waals surface area contributed by atoms with Crippen LogP contribution in [-0.2, 0) is 18.6 Å². The number of ether oxygens (including phenoxy) is 1. The van der Waals surface area contributed by atoms with Crippen molar-refractivity contribution in [2.24, 2.45) is 0 Å². The fraction of sp³-hybridized carbons (Fsp3) is 0.615. The maximum atomic E-state index is 15.1. The lowest BCUT2D eigenvalue weighted by atomic mass is 9.95. The SMILES string of the molecule is C[C@H](NP(=O)(O)OC[C@@]1(F)O[C@@H](n2ccc(=O)[nH]c2=O)[C@](C)(O)[C@@H]1O)C(=O)O. The zero-order chi connectivity index (χ0) is 21.5. The molecule has 6 atom stereocenters. The van der Waals surface area contributed by atoms with Gasteiger partial charge in [0.05, 0.1) is 0 Å². The van der Waals surface area contributed by atoms with Crippen LogP contribution in [0.15, 0.2) is 21.9 Å². The number of carboxylic acids is 1. The van der Waals surface area contributed by atoms with Crippen LogP contribution in [0.5, 0.6) is 0 Å². The second kappa shape index (κ2) is 7.48. The summed E-state index contributed by atoms with van der Waals surface area (Å²) in [4.78, 5) is 45.2. The van der Waals surface area contributed by atoms with Crippen LogP contribution in [0.4, 0.5) is 4.39 Å². The molecule has 1 aliphatic rings. The number of alkyl halides is 1. The van der Waals surface area contributed by atoms with Gasteiger partial charge in [0, 0.05) is 12.3 Å². The van der Waals surface area contributed by atoms with Gasteiger partial charge in [-0.1, -0.05) is 0 Å². The van der Waals surface area contributed by atoms with E-state index < -0.39 is 61.4 Å². The van der Waals surface area contributed by atoms with Crippen LogP contribution < -0.4 is 16.3 Å². The number of hydrogen-bond acceptors (Lipinski definition) is 8. The lowest BCUT2D eigenvalue weighted by molar-refractivity contribution is -0.204. The van der Waals surface area contributed by atoms with Gasteiger partial charge in [0.2, 0.25) is 0 Å². The molecule has 2 heterocycles. The highest BCUT2D eigenvalue weighted by atomic mass is 31.2. The van der Waals surface area contributed by atoms with E-state index in [0.717, 1.165) is 26.1 Å². The van der Waals surface area contributed by atoms with E-state index in [0.29, 0.717) is 4.57 Å². The van der Waals surface area contributed by atoms with Crippen LogP contribution in [0, 0.1) is 0 Å². The molecule has 1 saturated heterocycles. The topological polar surface area (TPSA) is 200 Å². The number of aliphatic hydroxyl groups is 2. The molecule has 1 unspecified atom stereocenters. The second-order valence-electron chi connectivity index (χ2n) is 6.39. The summed E-state index contributed by atoms with van der Waals surface area (Å²) in [5, 5.41) is 31.0. The van der Waals surface area contributed by atoms with Crippen molar-refractivity contribution < 1.29 is 43.2 Å². The normalized spacial score (nSPS) is 33.4. The summed E-state index contributed by atoms with van der Waals surface area (Å²) in [5.41, 5.74) is -4.25. The highest BCUT2D eigenvalue weighted by molar-refractivity contribution is 7.50. The molecule has 6 N–H and O–H groups in total. The van der Waals surface area contributed by atoms with Crippen LogP contribution in [-0.4, -0.2) is 65.9 Å². The van der Waals surface area contributed by atoms with Gasteiger partial charge in [-0.25, -0.2) is 18.8 Å². The number of carboxylic acid groups (broad SMARTS) is 1. The average Bonchev–Trinajstić information content (AvgIpc) is 2.74. The Morgan fingerprint density at radius 3 is 2.71 bits per heavy atom. The largest absolute Gasteiger partial charge is 0.480 e. The number of carbonyl (C=O) groups is 1. The summed E-state index contributed by atoms with van der Waals surface area (Å²) >= 11 is 0. The Kier molecular flexibility index (Phi) is 5.97. The molecular formula is C13H19FN3O10P. The van der Waals surface area contributed by atoms with Crippen molar-refractivity contribution in [3.63, 3.8) is 0 Å². The summed E-state index contributed by atoms with van der Waals surface area (Å²) in [6.45, 7) is 0.570. The lowest BCUT2D eigenvalue weighted by Crippen LogP contribution is -2.50. The van der Waals surface area contributed by atoms with E-state index >= 15 is 4.39 Å². The van der Waals surface area contributed by atoms with E-state index in [2.05, 4.69) is 4.52 Å². The summed E-state index contributed by atoms with van der Waals surface area (Å²) in [5.74, 6) is -4.73. The smallest absolute Gasteiger partial charge is 0.403 e. The van der Waals surface area contributed by atoms with Gasteiger partial charge >= 0.3 is 19.4 Å². The predicted octanol–water partition coefficient (Wildman–Crippen LogP) is -1.98. The monoisotopic (exact) mass is 427 g/mol. The van der Waals surface area contributed by atoms with Crippen molar-refractivity contribution in [2.75, 3.05) is 6.61 Å². The standard InChI is InChI=1S/C13H19FN3O10P/c1-6(8(19)20)16-28(24,25)26-5-13(14)9(21)12(2,23)10(27-13)17-4-3-7(18)15-11(17)22/h3-4,6,9-10,21,23H,5H2,1-2H3,(H,19,20)(H,15,18,22)(H2,16,24,25)/t6-,9-,10+,12+,13+/m0/s1. The van der Waals surface area contributed by atoms with Gasteiger partial charge in [0.1, 0.15) is 24.4 Å². The van der Waals surface area contributed by atoms with Crippen LogP contribution in [0.25, 0.3) is 0 Å². The maximum Gasteiger partial charge on any atom is 0.403 e. The van der Waals surface area contributed by atoms with Crippen LogP contribution in [0.3, 0.4) is 0 Å². The zero-order valence-corrected chi connectivity index (χ0v) is 15.5. The number of nitrogens with one attached hydrogen (secondary N) is 2. The molecule has 0 aliphatic carbocycles. The van der Waals surface area contributed by atoms with Gasteiger partial charge < -0.3 is 24.9 Å². The Bertz CT molecular complexity index is 916. The Morgan fingerprint density at radius 1 is 1.57 bits per heavy atom. The van der Waals surface area contributed by atoms with E-state index in [1.165, 1.54) is 0 Å². The molecule has 0 bridgehead atoms. The van der Waals surface area contributed by atoms with Crippen LogP contribution >= 0.6 is 7.75 Å². The van der Waals surface area contributed by atoms with E-state index in [1.54, 1.807) is 5.09 Å². The van der Waals surface area contributed by atoms with Gasteiger partial charge in [0.25, 0.3) is 11.4 Å². The van der Waals surface area contributed by atoms with Crippen molar-refractivity contribution >= 4 is 13.7 Å². The van der Waals surface area contributed by atoms with Crippen molar-refractivity contribution in [2.45, 2.75) is 43.7 Å². The van der Waals surface area contributed by atoms with E-state index in [9.17, 15) is 34.1 Å². The summed E-state index contributed by atoms with van der Waals surface area (Å²) in [6, 6.07) is -0.627. The third kappa shape index (κ3) is 4.38. The number of aromatic amines is 1. The second-order valence-corrected chi connectivity index (χ2v) is 7.94. The molecule has 2 rings (SSSR count). The minimum Gasteiger partial charge on any atom is -0.480 e. The molecule has 0 amide bonds. The Labute approximate surface area is 155 Å². The van der Waals surface area contributed by atoms with Crippen molar-refractivity contribution in [3.8, 4) is 0 Å². The number of hydrogen-bond donors (Lipinski definition) is 6. The summed E-state index contributed by atoms with van der Waals surface area (Å²) < 4.78 is 36.9. The average molecular weight is 427 g/mol. The molecule has 0 aromatic carbocycles. The van der Waals surface area contributed by atoms with Crippen molar-refractivity contribution in [1.29, 1.82) is 0 Å². The molecule has 1 fully saturated rings. The number of rotatable bonds is 7. The molecule has 28 heavy (non-hydrogen) atoms. The first kappa shape index (κ1) is 22.4. The molecular weight excluding hydrogens is 408 g/mol.